The Morgan fingerprint density at radius 2 is 1.51 bits per heavy atom. The second-order valence-corrected chi connectivity index (χ2v) is 11.5. The van der Waals surface area contributed by atoms with Gasteiger partial charge < -0.3 is 31.6 Å². The van der Waals surface area contributed by atoms with Gasteiger partial charge in [0.2, 0.25) is 0 Å². The summed E-state index contributed by atoms with van der Waals surface area (Å²) < 4.78 is 0. The number of hydrogen-bond donors (Lipinski definition) is 5. The van der Waals surface area contributed by atoms with Gasteiger partial charge in [-0.25, -0.2) is 4.79 Å². The number of benzene rings is 2. The number of urea groups is 1. The van der Waals surface area contributed by atoms with E-state index in [9.17, 15) is 14.7 Å². The summed E-state index contributed by atoms with van der Waals surface area (Å²) in [5.74, 6) is 0. The van der Waals surface area contributed by atoms with Gasteiger partial charge in [0.15, 0.2) is 0 Å². The van der Waals surface area contributed by atoms with E-state index < -0.39 is 29.8 Å². The van der Waals surface area contributed by atoms with Crippen molar-refractivity contribution in [2.24, 2.45) is 11.1 Å². The summed E-state index contributed by atoms with van der Waals surface area (Å²) in [5.41, 5.74) is 6.02. The molecule has 0 aliphatic rings. The molecule has 0 aromatic heterocycles. The van der Waals surface area contributed by atoms with E-state index in [0.29, 0.717) is 24.8 Å². The van der Waals surface area contributed by atoms with Crippen LogP contribution in [0, 0.1) is 5.41 Å². The zero-order chi connectivity index (χ0) is 26.3. The Bertz CT molecular complexity index is 922. The highest BCUT2D eigenvalue weighted by Gasteiger charge is 2.46. The van der Waals surface area contributed by atoms with Gasteiger partial charge in [-0.3, -0.25) is 0 Å². The Labute approximate surface area is 209 Å². The first kappa shape index (κ1) is 28.5. The topological polar surface area (TPSA) is 116 Å². The number of carbonyl (C=O) groups is 2. The molecule has 0 spiro atoms. The zero-order valence-corrected chi connectivity index (χ0v) is 21.8. The fourth-order valence-electron chi connectivity index (χ4n) is 4.21. The molecule has 2 amide bonds. The Morgan fingerprint density at radius 3 is 2.00 bits per heavy atom. The number of rotatable bonds is 10. The van der Waals surface area contributed by atoms with Gasteiger partial charge >= 0.3 is 6.03 Å². The van der Waals surface area contributed by atoms with E-state index in [2.05, 4.69) is 36.7 Å². The lowest BCUT2D eigenvalue weighted by atomic mass is 9.76. The minimum Gasteiger partial charge on any atom is -0.389 e. The van der Waals surface area contributed by atoms with Gasteiger partial charge in [-0.2, -0.15) is 0 Å². The normalized spacial score (nSPS) is 16.5. The largest absolute Gasteiger partial charge is 0.389 e. The van der Waals surface area contributed by atoms with Crippen molar-refractivity contribution in [1.82, 2.24) is 16.0 Å². The van der Waals surface area contributed by atoms with Crippen LogP contribution in [-0.2, 0) is 16.9 Å². The number of hydrogen-bond acceptors (Lipinski definition) is 5. The van der Waals surface area contributed by atoms with Crippen molar-refractivity contribution < 1.29 is 14.7 Å². The average molecular weight is 483 g/mol. The lowest BCUT2D eigenvalue weighted by molar-refractivity contribution is -0.115. The lowest BCUT2D eigenvalue weighted by Crippen LogP contribution is -2.68. The zero-order valence-electron chi connectivity index (χ0n) is 21.8. The summed E-state index contributed by atoms with van der Waals surface area (Å²) in [6, 6.07) is 16.3. The van der Waals surface area contributed by atoms with E-state index in [4.69, 9.17) is 5.73 Å². The maximum atomic E-state index is 13.0. The molecule has 35 heavy (non-hydrogen) atoms. The second kappa shape index (κ2) is 11.8. The van der Waals surface area contributed by atoms with Gasteiger partial charge in [0, 0.05) is 18.1 Å². The summed E-state index contributed by atoms with van der Waals surface area (Å²) in [6.07, 6.45) is 0.0455. The van der Waals surface area contributed by atoms with E-state index in [0.717, 1.165) is 5.56 Å². The van der Waals surface area contributed by atoms with E-state index >= 15 is 0 Å². The Morgan fingerprint density at radius 1 is 0.971 bits per heavy atom. The molecule has 2 aromatic rings. The van der Waals surface area contributed by atoms with E-state index in [-0.39, 0.29) is 11.0 Å². The van der Waals surface area contributed by atoms with Crippen molar-refractivity contribution >= 4 is 12.3 Å². The summed E-state index contributed by atoms with van der Waals surface area (Å²) in [7, 11) is 0. The van der Waals surface area contributed by atoms with Crippen LogP contribution in [-0.4, -0.2) is 41.2 Å². The van der Waals surface area contributed by atoms with Crippen molar-refractivity contribution in [3.8, 4) is 0 Å². The third kappa shape index (κ3) is 8.76. The standard InChI is InChI=1S/C28H42N4O3/c1-26(2,3)17-22(32-27(4,5)6)23(34)24(28(29,19-33)21-15-11-8-12-16-21)31-25(35)30-18-20-13-9-7-10-14-20/h7-16,19,22-24,32,34H,17-18,29H2,1-6H3,(H2,30,31,35). The molecule has 6 N–H and O–H groups in total. The van der Waals surface area contributed by atoms with Crippen molar-refractivity contribution in [1.29, 1.82) is 0 Å². The van der Waals surface area contributed by atoms with E-state index in [1.807, 2.05) is 57.2 Å². The number of amides is 2. The van der Waals surface area contributed by atoms with Crippen LogP contribution in [0.3, 0.4) is 0 Å². The first-order valence-electron chi connectivity index (χ1n) is 12.1. The second-order valence-electron chi connectivity index (χ2n) is 11.5. The van der Waals surface area contributed by atoms with Crippen molar-refractivity contribution in [3.05, 3.63) is 71.8 Å². The Hall–Kier alpha value is -2.74. The smallest absolute Gasteiger partial charge is 0.315 e. The quantitative estimate of drug-likeness (QED) is 0.333. The molecular weight excluding hydrogens is 440 g/mol. The molecular formula is C28H42N4O3. The molecule has 0 heterocycles. The van der Waals surface area contributed by atoms with E-state index in [1.54, 1.807) is 24.3 Å². The van der Waals surface area contributed by atoms with Crippen LogP contribution in [0.2, 0.25) is 0 Å². The van der Waals surface area contributed by atoms with Gasteiger partial charge in [0.25, 0.3) is 0 Å². The SMILES string of the molecule is CC(C)(C)CC(NC(C)(C)C)C(O)C(NC(=O)NCc1ccccc1)C(N)(C=O)c1ccccc1. The summed E-state index contributed by atoms with van der Waals surface area (Å²) >= 11 is 0. The number of nitrogens with one attached hydrogen (secondary N) is 3. The maximum Gasteiger partial charge on any atom is 0.315 e. The summed E-state index contributed by atoms with van der Waals surface area (Å²) in [5, 5.41) is 20.8. The highest BCUT2D eigenvalue weighted by atomic mass is 16.3. The number of aliphatic hydroxyl groups is 1. The molecule has 0 fully saturated rings. The van der Waals surface area contributed by atoms with E-state index in [1.165, 1.54) is 0 Å². The van der Waals surface area contributed by atoms with Gasteiger partial charge in [-0.15, -0.1) is 0 Å². The molecule has 0 aliphatic heterocycles. The fraction of sp³-hybridized carbons (Fsp3) is 0.500. The molecule has 4 atom stereocenters. The average Bonchev–Trinajstić information content (AvgIpc) is 2.79. The van der Waals surface area contributed by atoms with Crippen molar-refractivity contribution in [2.45, 2.75) is 83.8 Å². The molecule has 0 radical (unpaired) electrons. The van der Waals surface area contributed by atoms with Crippen LogP contribution in [0.4, 0.5) is 4.79 Å². The minimum atomic E-state index is -1.65. The van der Waals surface area contributed by atoms with Crippen LogP contribution in [0.1, 0.15) is 59.1 Å². The first-order chi connectivity index (χ1) is 16.2. The molecule has 0 saturated carbocycles. The Kier molecular flexibility index (Phi) is 9.60. The summed E-state index contributed by atoms with van der Waals surface area (Å²) in [6.45, 7) is 12.6. The molecule has 0 bridgehead atoms. The minimum absolute atomic E-state index is 0.130. The Balaban J connectivity index is 2.41. The summed E-state index contributed by atoms with van der Waals surface area (Å²) in [4.78, 5) is 25.5. The van der Waals surface area contributed by atoms with Crippen molar-refractivity contribution in [3.63, 3.8) is 0 Å². The van der Waals surface area contributed by atoms with Gasteiger partial charge in [-0.1, -0.05) is 81.4 Å². The number of nitrogens with two attached hydrogens (primary N) is 1. The van der Waals surface area contributed by atoms with Crippen LogP contribution >= 0.6 is 0 Å². The third-order valence-electron chi connectivity index (χ3n) is 5.77. The number of aldehydes is 1. The predicted molar refractivity (Wildman–Crippen MR) is 141 cm³/mol. The van der Waals surface area contributed by atoms with Crippen LogP contribution < -0.4 is 21.7 Å². The van der Waals surface area contributed by atoms with Gasteiger partial charge in [-0.05, 0) is 43.7 Å². The molecule has 0 aliphatic carbocycles. The molecule has 2 rings (SSSR count). The molecule has 192 valence electrons. The fourth-order valence-corrected chi connectivity index (χ4v) is 4.21. The first-order valence-corrected chi connectivity index (χ1v) is 12.1. The highest BCUT2D eigenvalue weighted by Crippen LogP contribution is 2.29. The van der Waals surface area contributed by atoms with Crippen LogP contribution in [0.25, 0.3) is 0 Å². The van der Waals surface area contributed by atoms with Crippen molar-refractivity contribution in [2.75, 3.05) is 0 Å². The van der Waals surface area contributed by atoms with Crippen LogP contribution in [0.15, 0.2) is 60.7 Å². The lowest BCUT2D eigenvalue weighted by Gasteiger charge is -2.43. The maximum absolute atomic E-state index is 13.0. The molecule has 2 aromatic carbocycles. The molecule has 7 nitrogen and oxygen atoms in total. The number of carbonyl (C=O) groups excluding carboxylic acids is 2. The highest BCUT2D eigenvalue weighted by molar-refractivity contribution is 5.77. The third-order valence-corrected chi connectivity index (χ3v) is 5.77. The van der Waals surface area contributed by atoms with Gasteiger partial charge in [0.1, 0.15) is 11.8 Å². The number of aliphatic hydroxyl groups excluding tert-OH is 1. The van der Waals surface area contributed by atoms with Gasteiger partial charge in [0.05, 0.1) is 12.1 Å². The molecule has 4 unspecified atom stereocenters. The van der Waals surface area contributed by atoms with Crippen LogP contribution in [0.5, 0.6) is 0 Å². The molecule has 7 heteroatoms. The predicted octanol–water partition coefficient (Wildman–Crippen LogP) is 3.46. The molecule has 0 saturated heterocycles. The monoisotopic (exact) mass is 482 g/mol.